The Bertz CT molecular complexity index is 785. The molecule has 0 saturated carbocycles. The van der Waals surface area contributed by atoms with Crippen molar-refractivity contribution in [1.29, 1.82) is 5.26 Å². The molecule has 0 radical (unpaired) electrons. The van der Waals surface area contributed by atoms with Gasteiger partial charge in [-0.3, -0.25) is 0 Å². The second-order valence-electron chi connectivity index (χ2n) is 4.92. The van der Waals surface area contributed by atoms with Crippen LogP contribution in [0.4, 0.5) is 0 Å². The first-order chi connectivity index (χ1) is 10.3. The van der Waals surface area contributed by atoms with Crippen LogP contribution in [0.15, 0.2) is 66.7 Å². The summed E-state index contributed by atoms with van der Waals surface area (Å²) in [5.74, 6) is 0.891. The Kier molecular flexibility index (Phi) is 3.84. The van der Waals surface area contributed by atoms with Gasteiger partial charge in [0.2, 0.25) is 0 Å². The van der Waals surface area contributed by atoms with E-state index >= 15 is 0 Å². The largest absolute Gasteiger partial charge is 0.493 e. The number of hydrogen-bond donors (Lipinski definition) is 0. The van der Waals surface area contributed by atoms with Crippen LogP contribution in [-0.4, -0.2) is 6.61 Å². The molecule has 0 heterocycles. The smallest absolute Gasteiger partial charge is 0.119 e. The summed E-state index contributed by atoms with van der Waals surface area (Å²) in [6.45, 7) is 0.629. The van der Waals surface area contributed by atoms with Crippen LogP contribution >= 0.6 is 0 Å². The maximum absolute atomic E-state index is 8.77. The van der Waals surface area contributed by atoms with Crippen LogP contribution in [0.1, 0.15) is 11.1 Å². The molecule has 0 bridgehead atoms. The van der Waals surface area contributed by atoms with Crippen molar-refractivity contribution in [3.05, 3.63) is 77.9 Å². The third kappa shape index (κ3) is 3.21. The molecule has 3 aromatic carbocycles. The number of benzene rings is 3. The van der Waals surface area contributed by atoms with E-state index in [2.05, 4.69) is 30.3 Å². The lowest BCUT2D eigenvalue weighted by molar-refractivity contribution is 0.322. The first-order valence-electron chi connectivity index (χ1n) is 6.96. The first-order valence-corrected chi connectivity index (χ1v) is 6.96. The van der Waals surface area contributed by atoms with E-state index in [0.717, 1.165) is 12.2 Å². The summed E-state index contributed by atoms with van der Waals surface area (Å²) >= 11 is 0. The van der Waals surface area contributed by atoms with Gasteiger partial charge in [-0.05, 0) is 40.6 Å². The molecule has 0 aliphatic rings. The summed E-state index contributed by atoms with van der Waals surface area (Å²) in [7, 11) is 0. The lowest BCUT2D eigenvalue weighted by Crippen LogP contribution is -2.01. The number of fused-ring (bicyclic) bond motifs is 1. The van der Waals surface area contributed by atoms with Crippen LogP contribution in [0, 0.1) is 11.3 Å². The normalized spacial score (nSPS) is 10.2. The summed E-state index contributed by atoms with van der Waals surface area (Å²) < 4.78 is 5.81. The van der Waals surface area contributed by atoms with E-state index in [1.54, 1.807) is 0 Å². The molecule has 0 N–H and O–H groups in total. The topological polar surface area (TPSA) is 33.0 Å². The highest BCUT2D eigenvalue weighted by Crippen LogP contribution is 2.20. The molecule has 2 heteroatoms. The van der Waals surface area contributed by atoms with Crippen LogP contribution in [0.25, 0.3) is 10.8 Å². The van der Waals surface area contributed by atoms with Crippen LogP contribution in [0.2, 0.25) is 0 Å². The van der Waals surface area contributed by atoms with Crippen molar-refractivity contribution in [2.45, 2.75) is 6.42 Å². The molecular weight excluding hydrogens is 258 g/mol. The van der Waals surface area contributed by atoms with Gasteiger partial charge in [0, 0.05) is 6.42 Å². The van der Waals surface area contributed by atoms with E-state index in [1.165, 1.54) is 16.3 Å². The fourth-order valence-corrected chi connectivity index (χ4v) is 2.29. The van der Waals surface area contributed by atoms with Gasteiger partial charge in [0.15, 0.2) is 0 Å². The predicted molar refractivity (Wildman–Crippen MR) is 84.3 cm³/mol. The van der Waals surface area contributed by atoms with Gasteiger partial charge in [0.25, 0.3) is 0 Å². The minimum atomic E-state index is 0.629. The molecule has 2 nitrogen and oxygen atoms in total. The highest BCUT2D eigenvalue weighted by Gasteiger charge is 1.98. The average molecular weight is 273 g/mol. The molecule has 21 heavy (non-hydrogen) atoms. The van der Waals surface area contributed by atoms with Gasteiger partial charge in [-0.25, -0.2) is 0 Å². The standard InChI is InChI=1S/C19H15NO/c20-14-16-7-5-15(6-8-16)11-12-21-19-10-9-17-3-1-2-4-18(17)13-19/h1-10,13H,11-12H2. The fraction of sp³-hybridized carbons (Fsp3) is 0.105. The van der Waals surface area contributed by atoms with Gasteiger partial charge in [0.05, 0.1) is 18.2 Å². The van der Waals surface area contributed by atoms with Crippen molar-refractivity contribution >= 4 is 10.8 Å². The molecule has 0 unspecified atom stereocenters. The van der Waals surface area contributed by atoms with Gasteiger partial charge in [0.1, 0.15) is 5.75 Å². The Morgan fingerprint density at radius 1 is 0.857 bits per heavy atom. The van der Waals surface area contributed by atoms with Gasteiger partial charge < -0.3 is 4.74 Å². The number of nitriles is 1. The molecule has 0 spiro atoms. The molecular formula is C19H15NO. The molecule has 0 atom stereocenters. The number of rotatable bonds is 4. The van der Waals surface area contributed by atoms with Crippen LogP contribution in [0.5, 0.6) is 5.75 Å². The SMILES string of the molecule is N#Cc1ccc(CCOc2ccc3ccccc3c2)cc1. The summed E-state index contributed by atoms with van der Waals surface area (Å²) in [4.78, 5) is 0. The number of ether oxygens (including phenoxy) is 1. The second-order valence-corrected chi connectivity index (χ2v) is 4.92. The van der Waals surface area contributed by atoms with Gasteiger partial charge in [-0.2, -0.15) is 5.26 Å². The summed E-state index contributed by atoms with van der Waals surface area (Å²) in [6, 6.07) is 24.1. The lowest BCUT2D eigenvalue weighted by Gasteiger charge is -2.07. The van der Waals surface area contributed by atoms with Gasteiger partial charge in [-0.15, -0.1) is 0 Å². The summed E-state index contributed by atoms with van der Waals surface area (Å²) in [6.07, 6.45) is 0.832. The molecule has 102 valence electrons. The van der Waals surface area contributed by atoms with Crippen LogP contribution in [-0.2, 0) is 6.42 Å². The maximum atomic E-state index is 8.77. The van der Waals surface area contributed by atoms with Crippen molar-refractivity contribution in [3.63, 3.8) is 0 Å². The predicted octanol–water partition coefficient (Wildman–Crippen LogP) is 4.33. The van der Waals surface area contributed by atoms with E-state index < -0.39 is 0 Å². The van der Waals surface area contributed by atoms with E-state index in [0.29, 0.717) is 12.2 Å². The molecule has 0 fully saturated rings. The van der Waals surface area contributed by atoms with Crippen molar-refractivity contribution in [2.24, 2.45) is 0 Å². The quantitative estimate of drug-likeness (QED) is 0.708. The minimum Gasteiger partial charge on any atom is -0.493 e. The number of nitrogens with zero attached hydrogens (tertiary/aromatic N) is 1. The molecule has 0 amide bonds. The highest BCUT2D eigenvalue weighted by atomic mass is 16.5. The van der Waals surface area contributed by atoms with Crippen molar-refractivity contribution in [1.82, 2.24) is 0 Å². The van der Waals surface area contributed by atoms with Crippen molar-refractivity contribution < 1.29 is 4.74 Å². The van der Waals surface area contributed by atoms with Crippen LogP contribution < -0.4 is 4.74 Å². The zero-order valence-electron chi connectivity index (χ0n) is 11.6. The van der Waals surface area contributed by atoms with Crippen molar-refractivity contribution in [2.75, 3.05) is 6.61 Å². The Balaban J connectivity index is 1.62. The lowest BCUT2D eigenvalue weighted by atomic mass is 10.1. The zero-order valence-corrected chi connectivity index (χ0v) is 11.6. The highest BCUT2D eigenvalue weighted by molar-refractivity contribution is 5.83. The van der Waals surface area contributed by atoms with Gasteiger partial charge >= 0.3 is 0 Å². The Hall–Kier alpha value is -2.79. The van der Waals surface area contributed by atoms with Gasteiger partial charge in [-0.1, -0.05) is 42.5 Å². The maximum Gasteiger partial charge on any atom is 0.119 e. The Morgan fingerprint density at radius 3 is 2.38 bits per heavy atom. The van der Waals surface area contributed by atoms with E-state index in [4.69, 9.17) is 10.00 Å². The average Bonchev–Trinajstić information content (AvgIpc) is 2.55. The molecule has 0 aliphatic heterocycles. The van der Waals surface area contributed by atoms with Crippen molar-refractivity contribution in [3.8, 4) is 11.8 Å². The molecule has 3 rings (SSSR count). The second kappa shape index (κ2) is 6.11. The fourth-order valence-electron chi connectivity index (χ4n) is 2.29. The third-order valence-corrected chi connectivity index (χ3v) is 3.46. The van der Waals surface area contributed by atoms with E-state index in [1.807, 2.05) is 42.5 Å². The first kappa shape index (κ1) is 13.2. The van der Waals surface area contributed by atoms with E-state index in [-0.39, 0.29) is 0 Å². The molecule has 0 saturated heterocycles. The summed E-state index contributed by atoms with van der Waals surface area (Å²) in [5, 5.41) is 11.2. The minimum absolute atomic E-state index is 0.629. The molecule has 3 aromatic rings. The summed E-state index contributed by atoms with van der Waals surface area (Å²) in [5.41, 5.74) is 1.86. The molecule has 0 aromatic heterocycles. The number of hydrogen-bond acceptors (Lipinski definition) is 2. The monoisotopic (exact) mass is 273 g/mol. The van der Waals surface area contributed by atoms with Crippen LogP contribution in [0.3, 0.4) is 0 Å². The Labute approximate surface area is 124 Å². The third-order valence-electron chi connectivity index (χ3n) is 3.46. The zero-order chi connectivity index (χ0) is 14.5. The van der Waals surface area contributed by atoms with E-state index in [9.17, 15) is 0 Å². The Morgan fingerprint density at radius 2 is 1.62 bits per heavy atom. The molecule has 0 aliphatic carbocycles.